The minimum atomic E-state index is -0.0916. The van der Waals surface area contributed by atoms with Crippen molar-refractivity contribution in [2.75, 3.05) is 26.2 Å². The fourth-order valence-electron chi connectivity index (χ4n) is 3.09. The van der Waals surface area contributed by atoms with Crippen molar-refractivity contribution < 1.29 is 13.9 Å². The molecule has 0 bridgehead atoms. The van der Waals surface area contributed by atoms with Gasteiger partial charge in [0, 0.05) is 12.1 Å². The monoisotopic (exact) mass is 340 g/mol. The predicted octanol–water partition coefficient (Wildman–Crippen LogP) is 3.41. The summed E-state index contributed by atoms with van der Waals surface area (Å²) < 4.78 is 11.0. The summed E-state index contributed by atoms with van der Waals surface area (Å²) in [5.41, 5.74) is 0.616. The van der Waals surface area contributed by atoms with Gasteiger partial charge in [0.2, 0.25) is 0 Å². The summed E-state index contributed by atoms with van der Waals surface area (Å²) in [6, 6.07) is 11.1. The number of rotatable bonds is 8. The summed E-state index contributed by atoms with van der Waals surface area (Å²) in [5.74, 6) is 1.53. The lowest BCUT2D eigenvalue weighted by atomic mass is 10.1. The Bertz CT molecular complexity index is 673. The molecule has 0 saturated carbocycles. The number of furan rings is 1. The van der Waals surface area contributed by atoms with Crippen LogP contribution in [-0.2, 0) is 0 Å². The molecule has 1 aliphatic heterocycles. The average molecular weight is 340 g/mol. The molecule has 1 saturated heterocycles. The van der Waals surface area contributed by atoms with E-state index in [-0.39, 0.29) is 11.9 Å². The molecule has 1 fully saturated rings. The molecule has 132 valence electrons. The van der Waals surface area contributed by atoms with E-state index in [0.29, 0.717) is 18.7 Å². The zero-order valence-corrected chi connectivity index (χ0v) is 14.3. The molecule has 5 heteroatoms. The Morgan fingerprint density at radius 3 is 2.68 bits per heavy atom. The summed E-state index contributed by atoms with van der Waals surface area (Å²) >= 11 is 0. The quantitative estimate of drug-likeness (QED) is 0.748. The van der Waals surface area contributed by atoms with Gasteiger partial charge in [-0.25, -0.2) is 0 Å². The van der Waals surface area contributed by atoms with Gasteiger partial charge in [-0.3, -0.25) is 9.69 Å². The lowest BCUT2D eigenvalue weighted by molar-refractivity contribution is 0.0933. The van der Waals surface area contributed by atoms with Gasteiger partial charge >= 0.3 is 0 Å². The highest BCUT2D eigenvalue weighted by molar-refractivity contribution is 5.94. The van der Waals surface area contributed by atoms with Crippen LogP contribution in [0.15, 0.2) is 59.7 Å². The zero-order valence-electron chi connectivity index (χ0n) is 14.3. The van der Waals surface area contributed by atoms with Gasteiger partial charge in [-0.05, 0) is 62.3 Å². The second-order valence-corrected chi connectivity index (χ2v) is 6.11. The number of carbonyl (C=O) groups is 1. The van der Waals surface area contributed by atoms with Crippen molar-refractivity contribution in [1.29, 1.82) is 0 Å². The van der Waals surface area contributed by atoms with Crippen LogP contribution in [0, 0.1) is 0 Å². The van der Waals surface area contributed by atoms with Gasteiger partial charge in [0.25, 0.3) is 5.91 Å². The maximum Gasteiger partial charge on any atom is 0.251 e. The molecule has 1 amide bonds. The Labute approximate surface area is 148 Å². The smallest absolute Gasteiger partial charge is 0.251 e. The molecule has 2 aromatic rings. The van der Waals surface area contributed by atoms with Crippen molar-refractivity contribution in [1.82, 2.24) is 10.2 Å². The van der Waals surface area contributed by atoms with Crippen molar-refractivity contribution in [3.8, 4) is 5.75 Å². The second-order valence-electron chi connectivity index (χ2n) is 6.11. The molecule has 1 atom stereocenters. The number of amides is 1. The van der Waals surface area contributed by atoms with E-state index in [0.717, 1.165) is 24.6 Å². The van der Waals surface area contributed by atoms with Crippen LogP contribution < -0.4 is 10.1 Å². The van der Waals surface area contributed by atoms with Crippen LogP contribution in [0.25, 0.3) is 0 Å². The highest BCUT2D eigenvalue weighted by Gasteiger charge is 2.26. The van der Waals surface area contributed by atoms with Gasteiger partial charge in [0.15, 0.2) is 0 Å². The molecule has 1 aromatic heterocycles. The second kappa shape index (κ2) is 8.53. The third-order valence-electron chi connectivity index (χ3n) is 4.39. The van der Waals surface area contributed by atoms with Crippen molar-refractivity contribution in [2.45, 2.75) is 18.9 Å². The third-order valence-corrected chi connectivity index (χ3v) is 4.39. The minimum absolute atomic E-state index is 0.0802. The van der Waals surface area contributed by atoms with E-state index in [9.17, 15) is 4.79 Å². The van der Waals surface area contributed by atoms with Crippen molar-refractivity contribution in [2.24, 2.45) is 0 Å². The molecule has 1 aliphatic rings. The number of hydrogen-bond acceptors (Lipinski definition) is 4. The van der Waals surface area contributed by atoms with Crippen LogP contribution in [-0.4, -0.2) is 37.0 Å². The number of hydrogen-bond donors (Lipinski definition) is 1. The number of nitrogens with one attached hydrogen (secondary N) is 1. The number of nitrogens with zero attached hydrogens (tertiary/aromatic N) is 1. The number of likely N-dealkylation sites (tertiary alicyclic amines) is 1. The predicted molar refractivity (Wildman–Crippen MR) is 96.7 cm³/mol. The van der Waals surface area contributed by atoms with Crippen molar-refractivity contribution in [3.63, 3.8) is 0 Å². The van der Waals surface area contributed by atoms with E-state index in [1.165, 1.54) is 12.8 Å². The molecular weight excluding hydrogens is 316 g/mol. The molecule has 0 radical (unpaired) electrons. The molecular formula is C20H24N2O3. The Morgan fingerprint density at radius 2 is 2.04 bits per heavy atom. The van der Waals surface area contributed by atoms with Crippen LogP contribution in [0.4, 0.5) is 0 Å². The normalized spacial score (nSPS) is 15.7. The van der Waals surface area contributed by atoms with Gasteiger partial charge in [-0.1, -0.05) is 12.7 Å². The zero-order chi connectivity index (χ0) is 17.5. The lowest BCUT2D eigenvalue weighted by Crippen LogP contribution is -2.36. The van der Waals surface area contributed by atoms with Gasteiger partial charge in [-0.15, -0.1) is 0 Å². The van der Waals surface area contributed by atoms with Crippen molar-refractivity contribution in [3.05, 3.63) is 66.6 Å². The number of carbonyl (C=O) groups excluding carboxylic acids is 1. The molecule has 1 N–H and O–H groups in total. The van der Waals surface area contributed by atoms with E-state index in [2.05, 4.69) is 16.8 Å². The Hall–Kier alpha value is -2.53. The van der Waals surface area contributed by atoms with Gasteiger partial charge in [0.05, 0.1) is 12.3 Å². The lowest BCUT2D eigenvalue weighted by Gasteiger charge is -2.26. The topological polar surface area (TPSA) is 54.7 Å². The third kappa shape index (κ3) is 4.51. The SMILES string of the molecule is C=CCOc1ccc(C(=O)NC[C@@H](c2ccco2)N2CCCC2)cc1. The van der Waals surface area contributed by atoms with E-state index in [4.69, 9.17) is 9.15 Å². The first kappa shape index (κ1) is 17.3. The number of ether oxygens (including phenoxy) is 1. The summed E-state index contributed by atoms with van der Waals surface area (Å²) in [6.07, 6.45) is 5.75. The van der Waals surface area contributed by atoms with Crippen LogP contribution >= 0.6 is 0 Å². The Balaban J connectivity index is 1.60. The maximum absolute atomic E-state index is 12.4. The minimum Gasteiger partial charge on any atom is -0.490 e. The van der Waals surface area contributed by atoms with Gasteiger partial charge in [-0.2, -0.15) is 0 Å². The molecule has 0 aliphatic carbocycles. The summed E-state index contributed by atoms with van der Waals surface area (Å²) in [5, 5.41) is 3.03. The highest BCUT2D eigenvalue weighted by atomic mass is 16.5. The van der Waals surface area contributed by atoms with Crippen molar-refractivity contribution >= 4 is 5.91 Å². The highest BCUT2D eigenvalue weighted by Crippen LogP contribution is 2.25. The molecule has 1 aromatic carbocycles. The molecule has 25 heavy (non-hydrogen) atoms. The molecule has 0 unspecified atom stereocenters. The van der Waals surface area contributed by atoms with E-state index < -0.39 is 0 Å². The van der Waals surface area contributed by atoms with Crippen LogP contribution in [0.2, 0.25) is 0 Å². The maximum atomic E-state index is 12.4. The van der Waals surface area contributed by atoms with E-state index >= 15 is 0 Å². The molecule has 2 heterocycles. The largest absolute Gasteiger partial charge is 0.490 e. The molecule has 3 rings (SSSR count). The van der Waals surface area contributed by atoms with Gasteiger partial charge in [0.1, 0.15) is 18.1 Å². The first-order valence-corrected chi connectivity index (χ1v) is 8.67. The van der Waals surface area contributed by atoms with E-state index in [1.54, 1.807) is 36.6 Å². The molecule has 5 nitrogen and oxygen atoms in total. The first-order valence-electron chi connectivity index (χ1n) is 8.67. The van der Waals surface area contributed by atoms with Crippen LogP contribution in [0.5, 0.6) is 5.75 Å². The standard InChI is InChI=1S/C20H24N2O3/c1-2-13-24-17-9-7-16(8-10-17)20(23)21-15-18(19-6-5-14-25-19)22-11-3-4-12-22/h2,5-10,14,18H,1,3-4,11-13,15H2,(H,21,23)/t18-/m0/s1. The Morgan fingerprint density at radius 1 is 1.28 bits per heavy atom. The average Bonchev–Trinajstić information content (AvgIpc) is 3.35. The van der Waals surface area contributed by atoms with Crippen LogP contribution in [0.1, 0.15) is 35.0 Å². The van der Waals surface area contributed by atoms with Crippen LogP contribution in [0.3, 0.4) is 0 Å². The fraction of sp³-hybridized carbons (Fsp3) is 0.350. The fourth-order valence-corrected chi connectivity index (χ4v) is 3.09. The molecule has 0 spiro atoms. The summed E-state index contributed by atoms with van der Waals surface area (Å²) in [7, 11) is 0. The number of benzene rings is 1. The van der Waals surface area contributed by atoms with Gasteiger partial charge < -0.3 is 14.5 Å². The van der Waals surface area contributed by atoms with E-state index in [1.807, 2.05) is 12.1 Å². The summed E-state index contributed by atoms with van der Waals surface area (Å²) in [6.45, 7) is 6.67. The Kier molecular flexibility index (Phi) is 5.90. The summed E-state index contributed by atoms with van der Waals surface area (Å²) in [4.78, 5) is 14.8. The first-order chi connectivity index (χ1) is 12.3.